The van der Waals surface area contributed by atoms with Gasteiger partial charge in [0.2, 0.25) is 0 Å². The van der Waals surface area contributed by atoms with Crippen LogP contribution in [-0.4, -0.2) is 12.1 Å². The number of H-pyrrole nitrogens is 1. The van der Waals surface area contributed by atoms with Gasteiger partial charge in [-0.05, 0) is 43.3 Å². The highest BCUT2D eigenvalue weighted by Crippen LogP contribution is 2.38. The summed E-state index contributed by atoms with van der Waals surface area (Å²) in [4.78, 5) is 3.52. The summed E-state index contributed by atoms with van der Waals surface area (Å²) in [5.41, 5.74) is 5.69. The Morgan fingerprint density at radius 3 is 2.41 bits per heavy atom. The van der Waals surface area contributed by atoms with Gasteiger partial charge in [-0.2, -0.15) is 0 Å². The van der Waals surface area contributed by atoms with Gasteiger partial charge in [-0.1, -0.05) is 52.3 Å². The molecule has 0 radical (unpaired) electrons. The summed E-state index contributed by atoms with van der Waals surface area (Å²) in [6, 6.07) is 24.8. The number of hydrogen-bond acceptors (Lipinski definition) is 2. The average Bonchev–Trinajstić information content (AvgIpc) is 3.03. The molecule has 27 heavy (non-hydrogen) atoms. The summed E-state index contributed by atoms with van der Waals surface area (Å²) in [6.07, 6.45) is 0. The summed E-state index contributed by atoms with van der Waals surface area (Å²) >= 11 is 3.51. The molecule has 136 valence electrons. The van der Waals surface area contributed by atoms with Crippen LogP contribution in [-0.2, 0) is 0 Å². The van der Waals surface area contributed by atoms with E-state index in [2.05, 4.69) is 81.7 Å². The average molecular weight is 421 g/mol. The Hall–Kier alpha value is -2.72. The Morgan fingerprint density at radius 1 is 0.926 bits per heavy atom. The van der Waals surface area contributed by atoms with Crippen LogP contribution in [0.15, 0.2) is 77.3 Å². The first-order valence-electron chi connectivity index (χ1n) is 8.89. The molecule has 4 rings (SSSR count). The molecule has 1 aromatic heterocycles. The Bertz CT molecular complexity index is 1070. The number of rotatable bonds is 5. The fourth-order valence-corrected chi connectivity index (χ4v) is 3.86. The van der Waals surface area contributed by atoms with Crippen LogP contribution in [0.3, 0.4) is 0 Å². The van der Waals surface area contributed by atoms with Crippen LogP contribution < -0.4 is 10.1 Å². The van der Waals surface area contributed by atoms with E-state index in [0.717, 1.165) is 32.7 Å². The molecule has 0 unspecified atom stereocenters. The van der Waals surface area contributed by atoms with Crippen molar-refractivity contribution in [1.29, 1.82) is 0 Å². The van der Waals surface area contributed by atoms with Gasteiger partial charge < -0.3 is 15.0 Å². The predicted octanol–water partition coefficient (Wildman–Crippen LogP) is 6.45. The number of halogens is 1. The van der Waals surface area contributed by atoms with Gasteiger partial charge in [-0.25, -0.2) is 0 Å². The number of nitrogens with one attached hydrogen (secondary N) is 2. The van der Waals surface area contributed by atoms with Crippen molar-refractivity contribution in [2.75, 3.05) is 12.4 Å². The molecule has 1 heterocycles. The smallest absolute Gasteiger partial charge is 0.124 e. The minimum absolute atomic E-state index is 0.0431. The number of aryl methyl sites for hydroxylation is 1. The zero-order chi connectivity index (χ0) is 18.8. The van der Waals surface area contributed by atoms with E-state index in [9.17, 15) is 0 Å². The van der Waals surface area contributed by atoms with E-state index in [-0.39, 0.29) is 6.04 Å². The Labute approximate surface area is 167 Å². The number of fused-ring (bicyclic) bond motifs is 1. The van der Waals surface area contributed by atoms with E-state index in [0.29, 0.717) is 0 Å². The number of anilines is 1. The molecule has 2 N–H and O–H groups in total. The molecule has 0 saturated carbocycles. The van der Waals surface area contributed by atoms with Gasteiger partial charge in [0.15, 0.2) is 0 Å². The van der Waals surface area contributed by atoms with Gasteiger partial charge in [0.05, 0.1) is 13.2 Å². The minimum atomic E-state index is -0.0431. The van der Waals surface area contributed by atoms with Crippen molar-refractivity contribution < 1.29 is 4.74 Å². The largest absolute Gasteiger partial charge is 0.496 e. The van der Waals surface area contributed by atoms with Crippen LogP contribution >= 0.6 is 15.9 Å². The van der Waals surface area contributed by atoms with E-state index < -0.39 is 0 Å². The van der Waals surface area contributed by atoms with E-state index >= 15 is 0 Å². The van der Waals surface area contributed by atoms with Crippen LogP contribution in [0.4, 0.5) is 5.69 Å². The van der Waals surface area contributed by atoms with E-state index in [4.69, 9.17) is 4.74 Å². The molecule has 4 aromatic rings. The van der Waals surface area contributed by atoms with E-state index in [1.54, 1.807) is 7.11 Å². The highest BCUT2D eigenvalue weighted by Gasteiger charge is 2.23. The number of ether oxygens (including phenoxy) is 1. The lowest BCUT2D eigenvalue weighted by molar-refractivity contribution is 0.408. The zero-order valence-corrected chi connectivity index (χ0v) is 16.9. The first kappa shape index (κ1) is 17.7. The Kier molecular flexibility index (Phi) is 4.90. The Balaban J connectivity index is 1.89. The fraction of sp³-hybridized carbons (Fsp3) is 0.130. The molecule has 4 heteroatoms. The monoisotopic (exact) mass is 420 g/mol. The molecule has 0 saturated heterocycles. The van der Waals surface area contributed by atoms with E-state index in [1.165, 1.54) is 10.9 Å². The summed E-state index contributed by atoms with van der Waals surface area (Å²) in [6.45, 7) is 2.13. The standard InChI is InChI=1S/C23H21BrN2O/c1-15-22(18-7-3-5-9-20(18)25-15)23(19-8-4-6-10-21(19)27-2)26-17-13-11-16(24)12-14-17/h3-14,23,25-26H,1-2H3/t23-/m0/s1. The van der Waals surface area contributed by atoms with Crippen molar-refractivity contribution in [3.63, 3.8) is 0 Å². The molecule has 0 aliphatic rings. The van der Waals surface area contributed by atoms with Crippen molar-refractivity contribution in [2.45, 2.75) is 13.0 Å². The number of methoxy groups -OCH3 is 1. The molecule has 1 atom stereocenters. The molecule has 0 aliphatic carbocycles. The second-order valence-electron chi connectivity index (χ2n) is 6.54. The lowest BCUT2D eigenvalue weighted by Gasteiger charge is -2.23. The first-order valence-corrected chi connectivity index (χ1v) is 9.69. The highest BCUT2D eigenvalue weighted by atomic mass is 79.9. The van der Waals surface area contributed by atoms with Crippen molar-refractivity contribution in [2.24, 2.45) is 0 Å². The number of benzene rings is 3. The van der Waals surface area contributed by atoms with Crippen LogP contribution in [0, 0.1) is 6.92 Å². The Morgan fingerprint density at radius 2 is 1.63 bits per heavy atom. The third-order valence-electron chi connectivity index (χ3n) is 4.84. The van der Waals surface area contributed by atoms with E-state index in [1.807, 2.05) is 24.3 Å². The fourth-order valence-electron chi connectivity index (χ4n) is 3.59. The third kappa shape index (κ3) is 3.45. The van der Waals surface area contributed by atoms with Crippen molar-refractivity contribution in [3.8, 4) is 5.75 Å². The summed E-state index contributed by atoms with van der Waals surface area (Å²) < 4.78 is 6.74. The molecule has 0 bridgehead atoms. The van der Waals surface area contributed by atoms with Gasteiger partial charge in [-0.15, -0.1) is 0 Å². The molecule has 0 amide bonds. The van der Waals surface area contributed by atoms with Gasteiger partial charge in [-0.3, -0.25) is 0 Å². The van der Waals surface area contributed by atoms with Crippen molar-refractivity contribution in [1.82, 2.24) is 4.98 Å². The number of hydrogen-bond donors (Lipinski definition) is 2. The second kappa shape index (κ2) is 7.49. The minimum Gasteiger partial charge on any atom is -0.496 e. The van der Waals surface area contributed by atoms with Gasteiger partial charge >= 0.3 is 0 Å². The summed E-state index contributed by atoms with van der Waals surface area (Å²) in [5, 5.41) is 4.93. The number of para-hydroxylation sites is 2. The maximum absolute atomic E-state index is 5.68. The highest BCUT2D eigenvalue weighted by molar-refractivity contribution is 9.10. The van der Waals surface area contributed by atoms with Crippen LogP contribution in [0.25, 0.3) is 10.9 Å². The van der Waals surface area contributed by atoms with Crippen molar-refractivity contribution >= 4 is 32.5 Å². The molecular formula is C23H21BrN2O. The normalized spacial score (nSPS) is 12.1. The molecule has 0 fully saturated rings. The first-order chi connectivity index (χ1) is 13.2. The maximum atomic E-state index is 5.68. The lowest BCUT2D eigenvalue weighted by Crippen LogP contribution is -2.14. The molecule has 0 spiro atoms. The van der Waals surface area contributed by atoms with Gasteiger partial charge in [0, 0.05) is 37.9 Å². The van der Waals surface area contributed by atoms with Crippen LogP contribution in [0.2, 0.25) is 0 Å². The van der Waals surface area contributed by atoms with Crippen molar-refractivity contribution in [3.05, 3.63) is 94.1 Å². The topological polar surface area (TPSA) is 37.0 Å². The molecule has 3 aromatic carbocycles. The predicted molar refractivity (Wildman–Crippen MR) is 116 cm³/mol. The third-order valence-corrected chi connectivity index (χ3v) is 5.37. The zero-order valence-electron chi connectivity index (χ0n) is 15.3. The number of aromatic amines is 1. The molecule has 3 nitrogen and oxygen atoms in total. The van der Waals surface area contributed by atoms with Gasteiger partial charge in [0.25, 0.3) is 0 Å². The second-order valence-corrected chi connectivity index (χ2v) is 7.45. The maximum Gasteiger partial charge on any atom is 0.124 e. The number of aromatic nitrogens is 1. The van der Waals surface area contributed by atoms with Crippen LogP contribution in [0.5, 0.6) is 5.75 Å². The van der Waals surface area contributed by atoms with Crippen LogP contribution in [0.1, 0.15) is 22.9 Å². The molecule has 0 aliphatic heterocycles. The summed E-state index contributed by atoms with van der Waals surface area (Å²) in [5.74, 6) is 0.872. The summed E-state index contributed by atoms with van der Waals surface area (Å²) in [7, 11) is 1.72. The lowest BCUT2D eigenvalue weighted by atomic mass is 9.95. The molecular weight excluding hydrogens is 400 g/mol. The SMILES string of the molecule is COc1ccccc1[C@H](Nc1ccc(Br)cc1)c1c(C)[nH]c2ccccc12. The quantitative estimate of drug-likeness (QED) is 0.389. The van der Waals surface area contributed by atoms with Gasteiger partial charge in [0.1, 0.15) is 5.75 Å².